The van der Waals surface area contributed by atoms with E-state index in [1.807, 2.05) is 25.1 Å². The van der Waals surface area contributed by atoms with Gasteiger partial charge in [-0.05, 0) is 19.1 Å². The van der Waals surface area contributed by atoms with Crippen molar-refractivity contribution < 1.29 is 18.6 Å². The van der Waals surface area contributed by atoms with Gasteiger partial charge in [-0.25, -0.2) is 4.39 Å². The van der Waals surface area contributed by atoms with Crippen LogP contribution in [0.1, 0.15) is 24.1 Å². The molecule has 0 aromatic heterocycles. The minimum absolute atomic E-state index is 0.156. The highest BCUT2D eigenvalue weighted by molar-refractivity contribution is 5.46. The van der Waals surface area contributed by atoms with Crippen LogP contribution in [-0.2, 0) is 6.54 Å². The monoisotopic (exact) mass is 319 g/mol. The highest BCUT2D eigenvalue weighted by atomic mass is 19.1. The van der Waals surface area contributed by atoms with Gasteiger partial charge in [0, 0.05) is 29.8 Å². The number of benzene rings is 2. The first-order chi connectivity index (χ1) is 11.1. The van der Waals surface area contributed by atoms with Crippen LogP contribution in [0.5, 0.6) is 17.2 Å². The van der Waals surface area contributed by atoms with E-state index in [4.69, 9.17) is 14.2 Å². The zero-order chi connectivity index (χ0) is 16.8. The molecule has 1 N–H and O–H groups in total. The Morgan fingerprint density at radius 3 is 2.43 bits per heavy atom. The Bertz CT molecular complexity index is 661. The van der Waals surface area contributed by atoms with Gasteiger partial charge < -0.3 is 19.5 Å². The van der Waals surface area contributed by atoms with E-state index in [0.29, 0.717) is 29.4 Å². The molecule has 1 atom stereocenters. The molecular weight excluding hydrogens is 297 g/mol. The maximum atomic E-state index is 14.1. The molecule has 2 rings (SSSR count). The van der Waals surface area contributed by atoms with Crippen LogP contribution in [0, 0.1) is 5.82 Å². The lowest BCUT2D eigenvalue weighted by atomic mass is 10.1. The van der Waals surface area contributed by atoms with Gasteiger partial charge in [0.2, 0.25) is 0 Å². The summed E-state index contributed by atoms with van der Waals surface area (Å²) in [5, 5.41) is 3.30. The highest BCUT2D eigenvalue weighted by Gasteiger charge is 2.14. The van der Waals surface area contributed by atoms with Crippen LogP contribution in [0.3, 0.4) is 0 Å². The number of methoxy groups -OCH3 is 3. The second-order valence-electron chi connectivity index (χ2n) is 5.14. The van der Waals surface area contributed by atoms with Crippen molar-refractivity contribution in [3.63, 3.8) is 0 Å². The molecule has 2 aromatic rings. The lowest BCUT2D eigenvalue weighted by Gasteiger charge is -2.18. The molecule has 0 aliphatic carbocycles. The van der Waals surface area contributed by atoms with Crippen molar-refractivity contribution in [3.05, 3.63) is 53.3 Å². The maximum Gasteiger partial charge on any atom is 0.165 e. The molecule has 0 saturated carbocycles. The van der Waals surface area contributed by atoms with Crippen molar-refractivity contribution in [2.45, 2.75) is 19.5 Å². The van der Waals surface area contributed by atoms with E-state index in [-0.39, 0.29) is 11.9 Å². The number of hydrogen-bond acceptors (Lipinski definition) is 4. The van der Waals surface area contributed by atoms with Crippen molar-refractivity contribution in [3.8, 4) is 17.2 Å². The first-order valence-electron chi connectivity index (χ1n) is 7.37. The van der Waals surface area contributed by atoms with Gasteiger partial charge >= 0.3 is 0 Å². The zero-order valence-electron chi connectivity index (χ0n) is 13.9. The molecule has 0 unspecified atom stereocenters. The molecule has 0 aliphatic rings. The van der Waals surface area contributed by atoms with E-state index in [9.17, 15) is 4.39 Å². The highest BCUT2D eigenvalue weighted by Crippen LogP contribution is 2.31. The quantitative estimate of drug-likeness (QED) is 0.844. The second-order valence-corrected chi connectivity index (χ2v) is 5.14. The molecule has 0 spiro atoms. The van der Waals surface area contributed by atoms with Gasteiger partial charge in [0.25, 0.3) is 0 Å². The molecule has 2 aromatic carbocycles. The van der Waals surface area contributed by atoms with E-state index in [0.717, 1.165) is 5.56 Å². The molecule has 0 fully saturated rings. The average molecular weight is 319 g/mol. The Morgan fingerprint density at radius 1 is 1.04 bits per heavy atom. The number of para-hydroxylation sites is 1. The molecule has 0 aliphatic heterocycles. The summed E-state index contributed by atoms with van der Waals surface area (Å²) in [5.41, 5.74) is 1.54. The van der Waals surface area contributed by atoms with Gasteiger partial charge in [0.05, 0.1) is 21.3 Å². The number of hydrogen-bond donors (Lipinski definition) is 1. The summed E-state index contributed by atoms with van der Waals surface area (Å²) < 4.78 is 29.8. The first-order valence-corrected chi connectivity index (χ1v) is 7.37. The van der Waals surface area contributed by atoms with Crippen LogP contribution < -0.4 is 19.5 Å². The molecule has 5 heteroatoms. The van der Waals surface area contributed by atoms with Gasteiger partial charge in [-0.15, -0.1) is 0 Å². The first kappa shape index (κ1) is 17.1. The fourth-order valence-corrected chi connectivity index (χ4v) is 2.45. The Hall–Kier alpha value is -2.27. The van der Waals surface area contributed by atoms with Crippen LogP contribution in [0.2, 0.25) is 0 Å². The van der Waals surface area contributed by atoms with Crippen LogP contribution >= 0.6 is 0 Å². The minimum Gasteiger partial charge on any atom is -0.497 e. The van der Waals surface area contributed by atoms with Crippen molar-refractivity contribution in [2.75, 3.05) is 21.3 Å². The van der Waals surface area contributed by atoms with Crippen LogP contribution in [-0.4, -0.2) is 21.3 Å². The molecule has 4 nitrogen and oxygen atoms in total. The predicted octanol–water partition coefficient (Wildman–Crippen LogP) is 3.70. The lowest BCUT2D eigenvalue weighted by molar-refractivity contribution is 0.350. The molecule has 0 bridgehead atoms. The maximum absolute atomic E-state index is 14.1. The second kappa shape index (κ2) is 7.83. The molecule has 0 heterocycles. The Kier molecular flexibility index (Phi) is 5.82. The number of halogens is 1. The molecule has 0 saturated heterocycles. The Labute approximate surface area is 136 Å². The molecule has 23 heavy (non-hydrogen) atoms. The van der Waals surface area contributed by atoms with Crippen LogP contribution in [0.25, 0.3) is 0 Å². The van der Waals surface area contributed by atoms with Crippen molar-refractivity contribution >= 4 is 0 Å². The summed E-state index contributed by atoms with van der Waals surface area (Å²) in [6, 6.07) is 10.4. The fraction of sp³-hybridized carbons (Fsp3) is 0.333. The molecule has 0 amide bonds. The zero-order valence-corrected chi connectivity index (χ0v) is 13.9. The van der Waals surface area contributed by atoms with Gasteiger partial charge in [0.15, 0.2) is 11.5 Å². The summed E-state index contributed by atoms with van der Waals surface area (Å²) in [7, 11) is 4.73. The summed E-state index contributed by atoms with van der Waals surface area (Å²) in [6.07, 6.45) is 0. The van der Waals surface area contributed by atoms with E-state index in [2.05, 4.69) is 5.32 Å². The molecular formula is C18H22FNO3. The lowest BCUT2D eigenvalue weighted by Crippen LogP contribution is -2.19. The van der Waals surface area contributed by atoms with Gasteiger partial charge in [-0.1, -0.05) is 18.2 Å². The Morgan fingerprint density at radius 2 is 1.83 bits per heavy atom. The third-order valence-corrected chi connectivity index (χ3v) is 3.76. The van der Waals surface area contributed by atoms with Gasteiger partial charge in [-0.2, -0.15) is 0 Å². The van der Waals surface area contributed by atoms with Gasteiger partial charge in [-0.3, -0.25) is 0 Å². The van der Waals surface area contributed by atoms with Gasteiger partial charge in [0.1, 0.15) is 11.6 Å². The van der Waals surface area contributed by atoms with Crippen LogP contribution in [0.15, 0.2) is 36.4 Å². The largest absolute Gasteiger partial charge is 0.497 e. The normalized spacial score (nSPS) is 11.9. The number of nitrogens with one attached hydrogen (secondary N) is 1. The fourth-order valence-electron chi connectivity index (χ4n) is 2.45. The summed E-state index contributed by atoms with van der Waals surface area (Å²) in [5.74, 6) is 1.58. The summed E-state index contributed by atoms with van der Waals surface area (Å²) in [4.78, 5) is 0. The van der Waals surface area contributed by atoms with Crippen LogP contribution in [0.4, 0.5) is 4.39 Å². The van der Waals surface area contributed by atoms with Crippen molar-refractivity contribution in [2.24, 2.45) is 0 Å². The minimum atomic E-state index is -0.290. The van der Waals surface area contributed by atoms with E-state index < -0.39 is 0 Å². The smallest absolute Gasteiger partial charge is 0.165 e. The van der Waals surface area contributed by atoms with E-state index in [1.165, 1.54) is 13.2 Å². The number of rotatable bonds is 7. The third-order valence-electron chi connectivity index (χ3n) is 3.76. The predicted molar refractivity (Wildman–Crippen MR) is 87.8 cm³/mol. The standard InChI is InChI=1S/C18H22FNO3/c1-12(15-9-8-14(21-2)10-16(15)19)20-11-13-6-5-7-17(22-3)18(13)23-4/h5-10,12,20H,11H2,1-4H3/t12-/m1/s1. The Balaban J connectivity index is 2.12. The third kappa shape index (κ3) is 3.93. The summed E-state index contributed by atoms with van der Waals surface area (Å²) in [6.45, 7) is 2.45. The molecule has 124 valence electrons. The van der Waals surface area contributed by atoms with Crippen molar-refractivity contribution in [1.82, 2.24) is 5.32 Å². The molecule has 0 radical (unpaired) electrons. The van der Waals surface area contributed by atoms with E-state index in [1.54, 1.807) is 26.4 Å². The van der Waals surface area contributed by atoms with Crippen molar-refractivity contribution in [1.29, 1.82) is 0 Å². The summed E-state index contributed by atoms with van der Waals surface area (Å²) >= 11 is 0. The number of ether oxygens (including phenoxy) is 3. The topological polar surface area (TPSA) is 39.7 Å². The average Bonchev–Trinajstić information content (AvgIpc) is 2.58. The van der Waals surface area contributed by atoms with E-state index >= 15 is 0 Å². The SMILES string of the molecule is COc1ccc([C@@H](C)NCc2cccc(OC)c2OC)c(F)c1.